The number of ether oxygens (including phenoxy) is 3. The number of alkyl halides is 6. The van der Waals surface area contributed by atoms with E-state index in [-0.39, 0.29) is 31.1 Å². The maximum absolute atomic E-state index is 13.4. The first-order valence-electron chi connectivity index (χ1n) is 12.4. The van der Waals surface area contributed by atoms with E-state index >= 15 is 0 Å². The molecule has 1 aliphatic rings. The Balaban J connectivity index is 1.91. The zero-order valence-electron chi connectivity index (χ0n) is 22.6. The summed E-state index contributed by atoms with van der Waals surface area (Å²) in [5, 5.41) is 2.59. The standard InChI is InChI=1S/C28H31F6NO5/c1-17(18-11-20(27(29,30)31)13-21(12-18)28(32,33)34)39-16-25(19-9-7-6-8-10-19)14-26(15-25,22(36)38-5)35-23(37)40-24(2,3)4/h6-13,17H,14-16H2,1-5H3,(H,35,37)/t17-,25?,26?/m1/s1. The van der Waals surface area contributed by atoms with Crippen LogP contribution in [0, 0.1) is 0 Å². The number of amides is 1. The molecule has 1 saturated carbocycles. The molecule has 0 aliphatic heterocycles. The second-order valence-corrected chi connectivity index (χ2v) is 11.0. The van der Waals surface area contributed by atoms with Crippen LogP contribution in [0.3, 0.4) is 0 Å². The predicted molar refractivity (Wildman–Crippen MR) is 132 cm³/mol. The van der Waals surface area contributed by atoms with Gasteiger partial charge < -0.3 is 19.5 Å². The van der Waals surface area contributed by atoms with Crippen molar-refractivity contribution in [1.82, 2.24) is 5.32 Å². The third-order valence-electron chi connectivity index (χ3n) is 6.67. The molecule has 0 aromatic heterocycles. The van der Waals surface area contributed by atoms with Crippen molar-refractivity contribution in [2.75, 3.05) is 13.7 Å². The predicted octanol–water partition coefficient (Wildman–Crippen LogP) is 6.97. The molecule has 12 heteroatoms. The number of hydrogen-bond donors (Lipinski definition) is 1. The second kappa shape index (κ2) is 10.9. The van der Waals surface area contributed by atoms with Gasteiger partial charge in [-0.25, -0.2) is 9.59 Å². The van der Waals surface area contributed by atoms with E-state index in [0.717, 1.165) is 7.11 Å². The molecule has 1 amide bonds. The zero-order chi connectivity index (χ0) is 30.1. The molecule has 2 aromatic rings. The molecular weight excluding hydrogens is 544 g/mol. The smallest absolute Gasteiger partial charge is 0.416 e. The molecule has 2 aromatic carbocycles. The molecule has 3 rings (SSSR count). The molecular formula is C28H31F6NO5. The van der Waals surface area contributed by atoms with Gasteiger partial charge in [-0.1, -0.05) is 30.3 Å². The molecule has 0 spiro atoms. The lowest BCUT2D eigenvalue weighted by atomic mass is 9.54. The van der Waals surface area contributed by atoms with Crippen LogP contribution in [0.5, 0.6) is 0 Å². The molecule has 0 heterocycles. The van der Waals surface area contributed by atoms with E-state index in [1.807, 2.05) is 0 Å². The minimum absolute atomic E-state index is 0.0148. The summed E-state index contributed by atoms with van der Waals surface area (Å²) in [5.41, 5.74) is -5.75. The van der Waals surface area contributed by atoms with Crippen molar-refractivity contribution in [3.63, 3.8) is 0 Å². The number of hydrogen-bond acceptors (Lipinski definition) is 5. The first kappa shape index (κ1) is 31.3. The average molecular weight is 576 g/mol. The van der Waals surface area contributed by atoms with Crippen LogP contribution < -0.4 is 5.32 Å². The number of rotatable bonds is 7. The molecule has 1 aliphatic carbocycles. The molecule has 220 valence electrons. The zero-order valence-corrected chi connectivity index (χ0v) is 22.6. The summed E-state index contributed by atoms with van der Waals surface area (Å²) in [5.74, 6) is -0.731. The van der Waals surface area contributed by atoms with Gasteiger partial charge in [-0.15, -0.1) is 0 Å². The van der Waals surface area contributed by atoms with E-state index in [0.29, 0.717) is 17.7 Å². The van der Waals surface area contributed by atoms with Crippen molar-refractivity contribution < 1.29 is 50.1 Å². The maximum atomic E-state index is 13.4. The summed E-state index contributed by atoms with van der Waals surface area (Å²) in [6, 6.07) is 10.1. The number of nitrogens with one attached hydrogen (secondary N) is 1. The molecule has 1 fully saturated rings. The topological polar surface area (TPSA) is 73.9 Å². The van der Waals surface area contributed by atoms with E-state index in [4.69, 9.17) is 14.2 Å². The Bertz CT molecular complexity index is 1180. The SMILES string of the molecule is COC(=O)C1(NC(=O)OC(C)(C)C)CC(CO[C@H](C)c2cc(C(F)(F)F)cc(C(F)(F)F)c2)(c2ccccc2)C1. The molecule has 1 N–H and O–H groups in total. The Morgan fingerprint density at radius 3 is 1.90 bits per heavy atom. The van der Waals surface area contributed by atoms with Gasteiger partial charge in [0.2, 0.25) is 0 Å². The van der Waals surface area contributed by atoms with Gasteiger partial charge in [0.25, 0.3) is 0 Å². The van der Waals surface area contributed by atoms with Crippen LogP contribution in [0.25, 0.3) is 0 Å². The van der Waals surface area contributed by atoms with Crippen LogP contribution in [-0.2, 0) is 36.8 Å². The van der Waals surface area contributed by atoms with Crippen molar-refractivity contribution in [2.24, 2.45) is 0 Å². The Labute approximate surface area is 228 Å². The second-order valence-electron chi connectivity index (χ2n) is 11.0. The normalized spacial score (nSPS) is 22.2. The van der Waals surface area contributed by atoms with Gasteiger partial charge in [-0.3, -0.25) is 0 Å². The summed E-state index contributed by atoms with van der Waals surface area (Å²) in [6.45, 7) is 6.13. The van der Waals surface area contributed by atoms with Crippen LogP contribution in [0.15, 0.2) is 48.5 Å². The Morgan fingerprint density at radius 2 is 1.45 bits per heavy atom. The van der Waals surface area contributed by atoms with Crippen LogP contribution in [0.2, 0.25) is 0 Å². The van der Waals surface area contributed by atoms with Gasteiger partial charge in [0.15, 0.2) is 0 Å². The van der Waals surface area contributed by atoms with Gasteiger partial charge in [-0.2, -0.15) is 26.3 Å². The first-order valence-corrected chi connectivity index (χ1v) is 12.4. The minimum Gasteiger partial charge on any atom is -0.467 e. The average Bonchev–Trinajstić information content (AvgIpc) is 2.82. The van der Waals surface area contributed by atoms with Crippen molar-refractivity contribution in [2.45, 2.75) is 75.5 Å². The molecule has 0 bridgehead atoms. The quantitative estimate of drug-likeness (QED) is 0.285. The fraction of sp³-hybridized carbons (Fsp3) is 0.500. The monoisotopic (exact) mass is 575 g/mol. The lowest BCUT2D eigenvalue weighted by Crippen LogP contribution is -2.69. The Morgan fingerprint density at radius 1 is 0.925 bits per heavy atom. The number of alkyl carbamates (subject to hydrolysis) is 1. The fourth-order valence-corrected chi connectivity index (χ4v) is 4.86. The van der Waals surface area contributed by atoms with Crippen LogP contribution in [0.4, 0.5) is 31.1 Å². The lowest BCUT2D eigenvalue weighted by Gasteiger charge is -2.54. The third-order valence-corrected chi connectivity index (χ3v) is 6.67. The third kappa shape index (κ3) is 7.07. The minimum atomic E-state index is -5.00. The molecule has 0 saturated heterocycles. The number of esters is 1. The highest BCUT2D eigenvalue weighted by Crippen LogP contribution is 2.52. The van der Waals surface area contributed by atoms with E-state index in [1.54, 1.807) is 51.1 Å². The van der Waals surface area contributed by atoms with Crippen molar-refractivity contribution in [3.05, 3.63) is 70.8 Å². The number of carbonyl (C=O) groups is 2. The Kier molecular flexibility index (Phi) is 8.55. The number of carbonyl (C=O) groups excluding carboxylic acids is 2. The van der Waals surface area contributed by atoms with Gasteiger partial charge >= 0.3 is 24.4 Å². The molecule has 0 radical (unpaired) electrons. The molecule has 6 nitrogen and oxygen atoms in total. The van der Waals surface area contributed by atoms with Crippen LogP contribution in [0.1, 0.15) is 68.9 Å². The highest BCUT2D eigenvalue weighted by molar-refractivity contribution is 5.88. The summed E-state index contributed by atoms with van der Waals surface area (Å²) in [4.78, 5) is 25.4. The van der Waals surface area contributed by atoms with Crippen LogP contribution in [-0.4, -0.2) is 36.9 Å². The number of methoxy groups -OCH3 is 1. The van der Waals surface area contributed by atoms with Crippen molar-refractivity contribution in [1.29, 1.82) is 0 Å². The summed E-state index contributed by atoms with van der Waals surface area (Å²) >= 11 is 0. The highest BCUT2D eigenvalue weighted by atomic mass is 19.4. The summed E-state index contributed by atoms with van der Waals surface area (Å²) in [6.07, 6.45) is -12.0. The fourth-order valence-electron chi connectivity index (χ4n) is 4.86. The van der Waals surface area contributed by atoms with E-state index < -0.39 is 58.2 Å². The van der Waals surface area contributed by atoms with Gasteiger partial charge in [0, 0.05) is 5.41 Å². The first-order chi connectivity index (χ1) is 18.3. The molecule has 0 unspecified atom stereocenters. The number of benzene rings is 2. The van der Waals surface area contributed by atoms with Crippen molar-refractivity contribution in [3.8, 4) is 0 Å². The molecule has 40 heavy (non-hydrogen) atoms. The highest BCUT2D eigenvalue weighted by Gasteiger charge is 2.62. The maximum Gasteiger partial charge on any atom is 0.416 e. The number of halogens is 6. The van der Waals surface area contributed by atoms with Gasteiger partial charge in [-0.05, 0) is 69.9 Å². The van der Waals surface area contributed by atoms with Gasteiger partial charge in [0.1, 0.15) is 11.1 Å². The lowest BCUT2D eigenvalue weighted by molar-refractivity contribution is -0.159. The summed E-state index contributed by atoms with van der Waals surface area (Å²) in [7, 11) is 1.16. The van der Waals surface area contributed by atoms with E-state index in [2.05, 4.69) is 5.32 Å². The largest absolute Gasteiger partial charge is 0.467 e. The molecule has 1 atom stereocenters. The summed E-state index contributed by atoms with van der Waals surface area (Å²) < 4.78 is 96.3. The van der Waals surface area contributed by atoms with Crippen LogP contribution >= 0.6 is 0 Å². The van der Waals surface area contributed by atoms with E-state index in [1.165, 1.54) is 6.92 Å². The van der Waals surface area contributed by atoms with Crippen molar-refractivity contribution >= 4 is 12.1 Å². The van der Waals surface area contributed by atoms with E-state index in [9.17, 15) is 35.9 Å². The Hall–Kier alpha value is -3.28. The van der Waals surface area contributed by atoms with Gasteiger partial charge in [0.05, 0.1) is 30.9 Å².